The Labute approximate surface area is 110 Å². The topological polar surface area (TPSA) is 127 Å². The zero-order valence-corrected chi connectivity index (χ0v) is 10.8. The molecule has 8 heteroatoms. The van der Waals surface area contributed by atoms with Gasteiger partial charge in [0.05, 0.1) is 4.90 Å². The molecule has 1 atom stereocenters. The summed E-state index contributed by atoms with van der Waals surface area (Å²) in [6.07, 6.45) is -0.412. The highest BCUT2D eigenvalue weighted by molar-refractivity contribution is 7.90. The molecule has 0 heterocycles. The maximum absolute atomic E-state index is 11.7. The van der Waals surface area contributed by atoms with Crippen LogP contribution in [0.5, 0.6) is 0 Å². The van der Waals surface area contributed by atoms with Crippen molar-refractivity contribution in [3.05, 3.63) is 30.3 Å². The van der Waals surface area contributed by atoms with Gasteiger partial charge in [-0.15, -0.1) is 0 Å². The van der Waals surface area contributed by atoms with Crippen molar-refractivity contribution in [2.45, 2.75) is 23.8 Å². The van der Waals surface area contributed by atoms with E-state index in [1.54, 1.807) is 6.07 Å². The van der Waals surface area contributed by atoms with Gasteiger partial charge in [0.2, 0.25) is 5.91 Å². The zero-order chi connectivity index (χ0) is 14.5. The third kappa shape index (κ3) is 4.68. The minimum Gasteiger partial charge on any atom is -0.480 e. The van der Waals surface area contributed by atoms with Crippen molar-refractivity contribution in [2.24, 2.45) is 5.73 Å². The lowest BCUT2D eigenvalue weighted by Gasteiger charge is -2.08. The number of nitrogens with two attached hydrogens (primary N) is 1. The quantitative estimate of drug-likeness (QED) is 0.658. The average molecular weight is 286 g/mol. The Morgan fingerprint density at radius 2 is 1.84 bits per heavy atom. The number of carboxylic acids is 1. The molecule has 0 saturated carbocycles. The van der Waals surface area contributed by atoms with Gasteiger partial charge in [-0.05, 0) is 18.6 Å². The van der Waals surface area contributed by atoms with Crippen LogP contribution in [-0.4, -0.2) is 31.4 Å². The van der Waals surface area contributed by atoms with Crippen LogP contribution in [0.1, 0.15) is 12.8 Å². The van der Waals surface area contributed by atoms with Crippen molar-refractivity contribution >= 4 is 21.9 Å². The third-order valence-corrected chi connectivity index (χ3v) is 3.69. The standard InChI is InChI=1S/C11H14N2O5S/c12-9(11(15)16)6-7-10(14)13-19(17,18)8-4-2-1-3-5-8/h1-5,9H,6-7,12H2,(H,13,14)(H,15,16)/t9-/m0/s1. The number of hydrogen-bond acceptors (Lipinski definition) is 5. The number of sulfonamides is 1. The van der Waals surface area contributed by atoms with Crippen molar-refractivity contribution in [2.75, 3.05) is 0 Å². The van der Waals surface area contributed by atoms with Crippen LogP contribution in [0.3, 0.4) is 0 Å². The molecule has 104 valence electrons. The van der Waals surface area contributed by atoms with Crippen molar-refractivity contribution in [1.82, 2.24) is 4.72 Å². The van der Waals surface area contributed by atoms with E-state index in [-0.39, 0.29) is 17.7 Å². The minimum atomic E-state index is -3.92. The number of hydrogen-bond donors (Lipinski definition) is 3. The fourth-order valence-electron chi connectivity index (χ4n) is 1.27. The molecule has 1 rings (SSSR count). The molecule has 0 aliphatic heterocycles. The van der Waals surface area contributed by atoms with E-state index < -0.39 is 27.9 Å². The third-order valence-electron chi connectivity index (χ3n) is 2.30. The summed E-state index contributed by atoms with van der Waals surface area (Å²) in [6, 6.07) is 6.20. The van der Waals surface area contributed by atoms with Crippen molar-refractivity contribution in [3.63, 3.8) is 0 Å². The molecular formula is C11H14N2O5S. The van der Waals surface area contributed by atoms with Crippen LogP contribution in [0.2, 0.25) is 0 Å². The van der Waals surface area contributed by atoms with E-state index in [0.717, 1.165) is 0 Å². The second-order valence-electron chi connectivity index (χ2n) is 3.83. The number of carbonyl (C=O) groups excluding carboxylic acids is 1. The number of amides is 1. The van der Waals surface area contributed by atoms with E-state index in [2.05, 4.69) is 0 Å². The summed E-state index contributed by atoms with van der Waals surface area (Å²) in [5.74, 6) is -2.03. The molecule has 0 saturated heterocycles. The predicted octanol–water partition coefficient (Wildman–Crippen LogP) is -0.316. The summed E-state index contributed by atoms with van der Waals surface area (Å²) >= 11 is 0. The Morgan fingerprint density at radius 3 is 2.37 bits per heavy atom. The van der Waals surface area contributed by atoms with Crippen molar-refractivity contribution in [1.29, 1.82) is 0 Å². The summed E-state index contributed by atoms with van der Waals surface area (Å²) < 4.78 is 25.3. The Kier molecular flexibility index (Phi) is 5.02. The molecule has 1 aromatic carbocycles. The van der Waals surface area contributed by atoms with Gasteiger partial charge in [0.15, 0.2) is 0 Å². The second-order valence-corrected chi connectivity index (χ2v) is 5.51. The highest BCUT2D eigenvalue weighted by Gasteiger charge is 2.19. The van der Waals surface area contributed by atoms with Crippen LogP contribution in [0.4, 0.5) is 0 Å². The largest absolute Gasteiger partial charge is 0.480 e. The second kappa shape index (κ2) is 6.30. The normalized spacial score (nSPS) is 12.7. The SMILES string of the molecule is N[C@@H](CCC(=O)NS(=O)(=O)c1ccccc1)C(=O)O. The maximum Gasteiger partial charge on any atom is 0.320 e. The number of carboxylic acid groups (broad SMARTS) is 1. The summed E-state index contributed by atoms with van der Waals surface area (Å²) in [5.41, 5.74) is 5.21. The van der Waals surface area contributed by atoms with Crippen LogP contribution in [0.25, 0.3) is 0 Å². The average Bonchev–Trinajstić information content (AvgIpc) is 2.36. The fourth-order valence-corrected chi connectivity index (χ4v) is 2.30. The lowest BCUT2D eigenvalue weighted by atomic mass is 10.2. The van der Waals surface area contributed by atoms with Crippen LogP contribution >= 0.6 is 0 Å². The van der Waals surface area contributed by atoms with E-state index in [1.807, 2.05) is 4.72 Å². The molecule has 0 fully saturated rings. The summed E-state index contributed by atoms with van der Waals surface area (Å²) in [4.78, 5) is 21.8. The van der Waals surface area contributed by atoms with Crippen molar-refractivity contribution < 1.29 is 23.1 Å². The monoisotopic (exact) mass is 286 g/mol. The molecular weight excluding hydrogens is 272 g/mol. The summed E-state index contributed by atoms with van der Waals surface area (Å²) in [6.45, 7) is 0. The van der Waals surface area contributed by atoms with Gasteiger partial charge < -0.3 is 10.8 Å². The Bertz CT molecular complexity index is 556. The predicted molar refractivity (Wildman–Crippen MR) is 66.6 cm³/mol. The zero-order valence-electron chi connectivity index (χ0n) is 9.94. The lowest BCUT2D eigenvalue weighted by molar-refractivity contribution is -0.138. The van der Waals surface area contributed by atoms with Gasteiger partial charge in [0.1, 0.15) is 6.04 Å². The maximum atomic E-state index is 11.7. The first kappa shape index (κ1) is 15.1. The molecule has 7 nitrogen and oxygen atoms in total. The van der Waals surface area contributed by atoms with Gasteiger partial charge in [-0.3, -0.25) is 9.59 Å². The molecule has 4 N–H and O–H groups in total. The lowest BCUT2D eigenvalue weighted by Crippen LogP contribution is -2.34. The highest BCUT2D eigenvalue weighted by atomic mass is 32.2. The fraction of sp³-hybridized carbons (Fsp3) is 0.273. The first-order chi connectivity index (χ1) is 8.83. The molecule has 1 amide bonds. The Balaban J connectivity index is 2.60. The molecule has 0 aliphatic carbocycles. The number of nitrogens with one attached hydrogen (secondary N) is 1. The number of carbonyl (C=O) groups is 2. The van der Waals surface area contributed by atoms with Gasteiger partial charge in [0.25, 0.3) is 10.0 Å². The van der Waals surface area contributed by atoms with E-state index in [0.29, 0.717) is 0 Å². The van der Waals surface area contributed by atoms with Crippen LogP contribution in [-0.2, 0) is 19.6 Å². The van der Waals surface area contributed by atoms with Gasteiger partial charge in [0, 0.05) is 6.42 Å². The van der Waals surface area contributed by atoms with E-state index in [9.17, 15) is 18.0 Å². The van der Waals surface area contributed by atoms with E-state index >= 15 is 0 Å². The molecule has 19 heavy (non-hydrogen) atoms. The molecule has 0 unspecified atom stereocenters. The molecule has 0 spiro atoms. The summed E-state index contributed by atoms with van der Waals surface area (Å²) in [7, 11) is -3.92. The smallest absolute Gasteiger partial charge is 0.320 e. The van der Waals surface area contributed by atoms with E-state index in [1.165, 1.54) is 24.3 Å². The van der Waals surface area contributed by atoms with Gasteiger partial charge >= 0.3 is 5.97 Å². The van der Waals surface area contributed by atoms with E-state index in [4.69, 9.17) is 10.8 Å². The molecule has 0 bridgehead atoms. The number of rotatable bonds is 6. The Hall–Kier alpha value is -1.93. The minimum absolute atomic E-state index is 0.0362. The first-order valence-electron chi connectivity index (χ1n) is 5.42. The molecule has 1 aromatic rings. The van der Waals surface area contributed by atoms with Crippen LogP contribution in [0.15, 0.2) is 35.2 Å². The van der Waals surface area contributed by atoms with Crippen LogP contribution in [0, 0.1) is 0 Å². The van der Waals surface area contributed by atoms with Gasteiger partial charge in [-0.1, -0.05) is 18.2 Å². The first-order valence-corrected chi connectivity index (χ1v) is 6.90. The van der Waals surface area contributed by atoms with Gasteiger partial charge in [-0.2, -0.15) is 0 Å². The number of aliphatic carboxylic acids is 1. The highest BCUT2D eigenvalue weighted by Crippen LogP contribution is 2.07. The van der Waals surface area contributed by atoms with Crippen molar-refractivity contribution in [3.8, 4) is 0 Å². The number of benzene rings is 1. The Morgan fingerprint density at radius 1 is 1.26 bits per heavy atom. The summed E-state index contributed by atoms with van der Waals surface area (Å²) in [5, 5.41) is 8.53. The van der Waals surface area contributed by atoms with Crippen LogP contribution < -0.4 is 10.5 Å². The molecule has 0 aliphatic rings. The molecule has 0 radical (unpaired) electrons. The van der Waals surface area contributed by atoms with Gasteiger partial charge in [-0.25, -0.2) is 13.1 Å². The molecule has 0 aromatic heterocycles.